The van der Waals surface area contributed by atoms with Gasteiger partial charge in [0.2, 0.25) is 11.8 Å². The normalized spacial score (nSPS) is 16.1. The minimum Gasteiger partial charge on any atom is -0.354 e. The molecule has 1 aromatic carbocycles. The molecular weight excluding hydrogens is 271 g/mol. The van der Waals surface area contributed by atoms with Gasteiger partial charge in [-0.25, -0.2) is 4.39 Å². The minimum absolute atomic E-state index is 0.0362. The molecule has 1 heterocycles. The lowest BCUT2D eigenvalue weighted by Gasteiger charge is -2.28. The van der Waals surface area contributed by atoms with Crippen molar-refractivity contribution in [3.05, 3.63) is 35.6 Å². The smallest absolute Gasteiger partial charge is 0.222 e. The number of halogens is 1. The van der Waals surface area contributed by atoms with E-state index in [4.69, 9.17) is 0 Å². The zero-order chi connectivity index (χ0) is 15.2. The Kier molecular flexibility index (Phi) is 5.31. The fraction of sp³-hybridized carbons (Fsp3) is 0.500. The van der Waals surface area contributed by atoms with Gasteiger partial charge in [0.15, 0.2) is 0 Å². The molecule has 4 nitrogen and oxygen atoms in total. The quantitative estimate of drug-likeness (QED) is 0.870. The number of carbonyl (C=O) groups excluding carboxylic acids is 2. The standard InChI is InChI=1S/C16H21FN2O2/c1-2-15(20)18-11-14(19-8-4-7-16(19)21)10-12-5-3-6-13(17)9-12/h3,5-6,9,14H,2,4,7-8,10-11H2,1H3,(H,18,20). The minimum atomic E-state index is -0.281. The molecule has 0 bridgehead atoms. The monoisotopic (exact) mass is 292 g/mol. The number of nitrogens with zero attached hydrogens (tertiary/aromatic N) is 1. The number of carbonyl (C=O) groups is 2. The number of benzene rings is 1. The van der Waals surface area contributed by atoms with Gasteiger partial charge >= 0.3 is 0 Å². The predicted octanol–water partition coefficient (Wildman–Crippen LogP) is 1.89. The molecule has 0 saturated carbocycles. The average Bonchev–Trinajstić information content (AvgIpc) is 2.89. The van der Waals surface area contributed by atoms with Crippen molar-refractivity contribution in [2.24, 2.45) is 0 Å². The van der Waals surface area contributed by atoms with Crippen LogP contribution in [0.4, 0.5) is 4.39 Å². The number of hydrogen-bond donors (Lipinski definition) is 1. The first-order valence-corrected chi connectivity index (χ1v) is 7.40. The van der Waals surface area contributed by atoms with Gasteiger partial charge in [-0.1, -0.05) is 19.1 Å². The second-order valence-corrected chi connectivity index (χ2v) is 5.34. The summed E-state index contributed by atoms with van der Waals surface area (Å²) in [4.78, 5) is 25.2. The van der Waals surface area contributed by atoms with E-state index in [1.807, 2.05) is 6.07 Å². The lowest BCUT2D eigenvalue weighted by Crippen LogP contribution is -2.45. The first-order chi connectivity index (χ1) is 10.1. The summed E-state index contributed by atoms with van der Waals surface area (Å²) in [6, 6.07) is 6.28. The summed E-state index contributed by atoms with van der Waals surface area (Å²) in [7, 11) is 0. The van der Waals surface area contributed by atoms with Crippen LogP contribution >= 0.6 is 0 Å². The first-order valence-electron chi connectivity index (χ1n) is 7.40. The van der Waals surface area contributed by atoms with E-state index in [9.17, 15) is 14.0 Å². The van der Waals surface area contributed by atoms with Gasteiger partial charge in [-0.05, 0) is 30.5 Å². The van der Waals surface area contributed by atoms with Crippen LogP contribution in [0.5, 0.6) is 0 Å². The third kappa shape index (κ3) is 4.28. The lowest BCUT2D eigenvalue weighted by molar-refractivity contribution is -0.130. The van der Waals surface area contributed by atoms with E-state index in [2.05, 4.69) is 5.32 Å². The van der Waals surface area contributed by atoms with E-state index in [-0.39, 0.29) is 23.7 Å². The van der Waals surface area contributed by atoms with Gasteiger partial charge in [0.1, 0.15) is 5.82 Å². The molecule has 0 spiro atoms. The highest BCUT2D eigenvalue weighted by atomic mass is 19.1. The topological polar surface area (TPSA) is 49.4 Å². The van der Waals surface area contributed by atoms with Crippen LogP contribution in [-0.4, -0.2) is 35.8 Å². The predicted molar refractivity (Wildman–Crippen MR) is 78.1 cm³/mol. The molecule has 1 aromatic rings. The molecule has 1 aliphatic rings. The maximum Gasteiger partial charge on any atom is 0.222 e. The van der Waals surface area contributed by atoms with Crippen LogP contribution in [0, 0.1) is 5.82 Å². The summed E-state index contributed by atoms with van der Waals surface area (Å²) in [5, 5.41) is 2.84. The highest BCUT2D eigenvalue weighted by Crippen LogP contribution is 2.17. The summed E-state index contributed by atoms with van der Waals surface area (Å²) in [6.07, 6.45) is 2.37. The van der Waals surface area contributed by atoms with Crippen molar-refractivity contribution in [1.82, 2.24) is 10.2 Å². The Morgan fingerprint density at radius 3 is 2.90 bits per heavy atom. The van der Waals surface area contributed by atoms with E-state index in [0.717, 1.165) is 12.0 Å². The number of rotatable bonds is 6. The fourth-order valence-corrected chi connectivity index (χ4v) is 2.64. The molecule has 5 heteroatoms. The Labute approximate surface area is 124 Å². The second kappa shape index (κ2) is 7.20. The lowest BCUT2D eigenvalue weighted by atomic mass is 10.0. The number of nitrogens with one attached hydrogen (secondary N) is 1. The molecule has 0 radical (unpaired) electrons. The molecule has 2 rings (SSSR count). The Hall–Kier alpha value is -1.91. The van der Waals surface area contributed by atoms with E-state index in [1.54, 1.807) is 17.9 Å². The summed E-state index contributed by atoms with van der Waals surface area (Å²) in [5.41, 5.74) is 0.838. The molecule has 114 valence electrons. The zero-order valence-electron chi connectivity index (χ0n) is 12.3. The maximum atomic E-state index is 13.3. The summed E-state index contributed by atoms with van der Waals surface area (Å²) in [5.74, 6) is -0.204. The number of hydrogen-bond acceptors (Lipinski definition) is 2. The van der Waals surface area contributed by atoms with Crippen molar-refractivity contribution in [1.29, 1.82) is 0 Å². The number of amides is 2. The fourth-order valence-electron chi connectivity index (χ4n) is 2.64. The molecule has 1 saturated heterocycles. The van der Waals surface area contributed by atoms with Gasteiger partial charge < -0.3 is 10.2 Å². The van der Waals surface area contributed by atoms with Crippen LogP contribution in [0.25, 0.3) is 0 Å². The summed E-state index contributed by atoms with van der Waals surface area (Å²) < 4.78 is 13.3. The van der Waals surface area contributed by atoms with Gasteiger partial charge in [0.25, 0.3) is 0 Å². The van der Waals surface area contributed by atoms with Gasteiger partial charge in [-0.2, -0.15) is 0 Å². The molecule has 0 aliphatic carbocycles. The Bertz CT molecular complexity index is 519. The molecule has 1 unspecified atom stereocenters. The molecular formula is C16H21FN2O2. The van der Waals surface area contributed by atoms with Crippen LogP contribution in [0.3, 0.4) is 0 Å². The van der Waals surface area contributed by atoms with Crippen molar-refractivity contribution >= 4 is 11.8 Å². The maximum absolute atomic E-state index is 13.3. The van der Waals surface area contributed by atoms with E-state index >= 15 is 0 Å². The Morgan fingerprint density at radius 2 is 2.29 bits per heavy atom. The molecule has 1 aliphatic heterocycles. The number of likely N-dealkylation sites (tertiary alicyclic amines) is 1. The molecule has 0 aromatic heterocycles. The summed E-state index contributed by atoms with van der Waals surface area (Å²) in [6.45, 7) is 2.91. The van der Waals surface area contributed by atoms with Crippen molar-refractivity contribution in [3.63, 3.8) is 0 Å². The third-order valence-electron chi connectivity index (χ3n) is 3.77. The van der Waals surface area contributed by atoms with E-state index < -0.39 is 0 Å². The average molecular weight is 292 g/mol. The van der Waals surface area contributed by atoms with Gasteiger partial charge in [0, 0.05) is 25.9 Å². The van der Waals surface area contributed by atoms with Crippen molar-refractivity contribution < 1.29 is 14.0 Å². The second-order valence-electron chi connectivity index (χ2n) is 5.34. The highest BCUT2D eigenvalue weighted by Gasteiger charge is 2.28. The van der Waals surface area contributed by atoms with Crippen LogP contribution in [0.2, 0.25) is 0 Å². The van der Waals surface area contributed by atoms with Gasteiger partial charge in [-0.15, -0.1) is 0 Å². The molecule has 1 fully saturated rings. The van der Waals surface area contributed by atoms with E-state index in [1.165, 1.54) is 12.1 Å². The Balaban J connectivity index is 2.07. The van der Waals surface area contributed by atoms with Gasteiger partial charge in [-0.3, -0.25) is 9.59 Å². The van der Waals surface area contributed by atoms with Crippen molar-refractivity contribution in [2.45, 2.75) is 38.6 Å². The van der Waals surface area contributed by atoms with Crippen LogP contribution < -0.4 is 5.32 Å². The molecule has 21 heavy (non-hydrogen) atoms. The largest absolute Gasteiger partial charge is 0.354 e. The molecule has 1 N–H and O–H groups in total. The van der Waals surface area contributed by atoms with Crippen LogP contribution in [-0.2, 0) is 16.0 Å². The summed E-state index contributed by atoms with van der Waals surface area (Å²) >= 11 is 0. The Morgan fingerprint density at radius 1 is 1.48 bits per heavy atom. The van der Waals surface area contributed by atoms with E-state index in [0.29, 0.717) is 32.4 Å². The first kappa shape index (κ1) is 15.5. The highest BCUT2D eigenvalue weighted by molar-refractivity contribution is 5.79. The molecule has 1 atom stereocenters. The third-order valence-corrected chi connectivity index (χ3v) is 3.77. The SMILES string of the molecule is CCC(=O)NCC(Cc1cccc(F)c1)N1CCCC1=O. The van der Waals surface area contributed by atoms with Crippen molar-refractivity contribution in [3.8, 4) is 0 Å². The van der Waals surface area contributed by atoms with Crippen molar-refractivity contribution in [2.75, 3.05) is 13.1 Å². The molecule has 2 amide bonds. The van der Waals surface area contributed by atoms with Gasteiger partial charge in [0.05, 0.1) is 6.04 Å². The van der Waals surface area contributed by atoms with Crippen LogP contribution in [0.1, 0.15) is 31.7 Å². The van der Waals surface area contributed by atoms with Crippen LogP contribution in [0.15, 0.2) is 24.3 Å². The zero-order valence-corrected chi connectivity index (χ0v) is 12.3.